The van der Waals surface area contributed by atoms with E-state index in [1.165, 1.54) is 43.8 Å². The second kappa shape index (κ2) is 9.25. The average Bonchev–Trinajstić information content (AvgIpc) is 3.35. The number of ether oxygens (including phenoxy) is 1. The second-order valence-electron chi connectivity index (χ2n) is 10.6. The molecule has 0 aliphatic carbocycles. The molecular formula is C35H32N2O. The van der Waals surface area contributed by atoms with Crippen molar-refractivity contribution in [3.8, 4) is 5.75 Å². The highest BCUT2D eigenvalue weighted by atomic mass is 16.5. The average molecular weight is 497 g/mol. The number of aromatic amines is 1. The zero-order valence-electron chi connectivity index (χ0n) is 21.9. The fourth-order valence-corrected chi connectivity index (χ4v) is 6.41. The molecule has 3 atom stereocenters. The van der Waals surface area contributed by atoms with Gasteiger partial charge in [-0.2, -0.15) is 0 Å². The van der Waals surface area contributed by atoms with Crippen molar-refractivity contribution < 1.29 is 4.74 Å². The third-order valence-corrected chi connectivity index (χ3v) is 8.33. The SMILES string of the molecule is CC(CCC1C(C)Oc2ccccc2N1c1ccccc1)c1cccc2c1[nH]c1ccc3ccccc3c12. The van der Waals surface area contributed by atoms with Gasteiger partial charge in [-0.15, -0.1) is 0 Å². The van der Waals surface area contributed by atoms with Gasteiger partial charge in [-0.05, 0) is 72.4 Å². The first-order chi connectivity index (χ1) is 18.7. The molecule has 188 valence electrons. The van der Waals surface area contributed by atoms with Crippen LogP contribution in [0.1, 0.15) is 38.2 Å². The summed E-state index contributed by atoms with van der Waals surface area (Å²) in [4.78, 5) is 6.27. The second-order valence-corrected chi connectivity index (χ2v) is 10.6. The molecule has 1 aliphatic rings. The number of benzene rings is 5. The quantitative estimate of drug-likeness (QED) is 0.257. The molecule has 6 aromatic rings. The first-order valence-corrected chi connectivity index (χ1v) is 13.7. The van der Waals surface area contributed by atoms with Gasteiger partial charge in [0.05, 0.1) is 11.7 Å². The molecule has 7 rings (SSSR count). The molecule has 0 saturated heterocycles. The van der Waals surface area contributed by atoms with E-state index >= 15 is 0 Å². The lowest BCUT2D eigenvalue weighted by molar-refractivity contribution is 0.168. The van der Waals surface area contributed by atoms with Gasteiger partial charge < -0.3 is 14.6 Å². The van der Waals surface area contributed by atoms with Crippen molar-refractivity contribution in [1.29, 1.82) is 0 Å². The highest BCUT2D eigenvalue weighted by Crippen LogP contribution is 2.43. The Morgan fingerprint density at radius 2 is 1.55 bits per heavy atom. The van der Waals surface area contributed by atoms with Gasteiger partial charge >= 0.3 is 0 Å². The topological polar surface area (TPSA) is 28.3 Å². The van der Waals surface area contributed by atoms with Gasteiger partial charge in [0, 0.05) is 27.5 Å². The first-order valence-electron chi connectivity index (χ1n) is 13.7. The largest absolute Gasteiger partial charge is 0.486 e. The fraction of sp³-hybridized carbons (Fsp3) is 0.200. The summed E-state index contributed by atoms with van der Waals surface area (Å²) in [5, 5.41) is 5.24. The Labute approximate surface area is 223 Å². The fourth-order valence-electron chi connectivity index (χ4n) is 6.41. The number of hydrogen-bond acceptors (Lipinski definition) is 2. The molecular weight excluding hydrogens is 464 g/mol. The lowest BCUT2D eigenvalue weighted by Crippen LogP contribution is -2.46. The molecule has 0 radical (unpaired) electrons. The summed E-state index contributed by atoms with van der Waals surface area (Å²) in [6.07, 6.45) is 2.19. The molecule has 3 unspecified atom stereocenters. The van der Waals surface area contributed by atoms with E-state index in [9.17, 15) is 0 Å². The van der Waals surface area contributed by atoms with E-state index in [4.69, 9.17) is 4.74 Å². The summed E-state index contributed by atoms with van der Waals surface area (Å²) in [6.45, 7) is 4.58. The molecule has 1 aromatic heterocycles. The van der Waals surface area contributed by atoms with Crippen LogP contribution in [-0.4, -0.2) is 17.1 Å². The summed E-state index contributed by atoms with van der Waals surface area (Å²) >= 11 is 0. The number of anilines is 2. The van der Waals surface area contributed by atoms with Crippen LogP contribution in [0.5, 0.6) is 5.75 Å². The highest BCUT2D eigenvalue weighted by molar-refractivity contribution is 6.20. The Balaban J connectivity index is 1.23. The smallest absolute Gasteiger partial charge is 0.143 e. The van der Waals surface area contributed by atoms with Gasteiger partial charge in [0.2, 0.25) is 0 Å². The summed E-state index contributed by atoms with van der Waals surface area (Å²) in [5.41, 5.74) is 6.24. The Hall–Kier alpha value is -4.24. The molecule has 0 bridgehead atoms. The van der Waals surface area contributed by atoms with Crippen LogP contribution in [0.2, 0.25) is 0 Å². The van der Waals surface area contributed by atoms with Crippen LogP contribution in [0.25, 0.3) is 32.6 Å². The van der Waals surface area contributed by atoms with E-state index < -0.39 is 0 Å². The third kappa shape index (κ3) is 3.73. The summed E-state index contributed by atoms with van der Waals surface area (Å²) in [7, 11) is 0. The third-order valence-electron chi connectivity index (χ3n) is 8.33. The zero-order valence-corrected chi connectivity index (χ0v) is 21.9. The molecule has 0 fully saturated rings. The summed E-state index contributed by atoms with van der Waals surface area (Å²) < 4.78 is 6.44. The van der Waals surface area contributed by atoms with Crippen molar-refractivity contribution in [2.75, 3.05) is 4.90 Å². The van der Waals surface area contributed by atoms with Crippen LogP contribution >= 0.6 is 0 Å². The number of fused-ring (bicyclic) bond motifs is 6. The van der Waals surface area contributed by atoms with Crippen LogP contribution in [0.3, 0.4) is 0 Å². The van der Waals surface area contributed by atoms with Crippen LogP contribution in [0.15, 0.2) is 109 Å². The van der Waals surface area contributed by atoms with Crippen molar-refractivity contribution in [3.63, 3.8) is 0 Å². The standard InChI is InChI=1S/C35H32N2O/c1-23(27-15-10-16-29-34-28-14-7-6-11-25(28)20-21-30(34)36-35(27)29)19-22-31-24(2)38-33-18-9-8-17-32(33)37(31)26-12-4-3-5-13-26/h3-18,20-21,23-24,31,36H,19,22H2,1-2H3. The van der Waals surface area contributed by atoms with Crippen molar-refractivity contribution in [2.24, 2.45) is 0 Å². The summed E-state index contributed by atoms with van der Waals surface area (Å²) in [5.74, 6) is 1.36. The summed E-state index contributed by atoms with van der Waals surface area (Å²) in [6, 6.07) is 39.3. The molecule has 38 heavy (non-hydrogen) atoms. The highest BCUT2D eigenvalue weighted by Gasteiger charge is 2.34. The van der Waals surface area contributed by atoms with E-state index in [1.807, 2.05) is 0 Å². The lowest BCUT2D eigenvalue weighted by Gasteiger charge is -2.43. The molecule has 5 aromatic carbocycles. The first kappa shape index (κ1) is 22.9. The van der Waals surface area contributed by atoms with E-state index in [2.05, 4.69) is 133 Å². The number of para-hydroxylation sites is 4. The van der Waals surface area contributed by atoms with Crippen LogP contribution in [0, 0.1) is 0 Å². The van der Waals surface area contributed by atoms with Crippen LogP contribution in [-0.2, 0) is 0 Å². The van der Waals surface area contributed by atoms with E-state index in [0.29, 0.717) is 5.92 Å². The molecule has 3 heteroatoms. The minimum Gasteiger partial charge on any atom is -0.486 e. The molecule has 0 amide bonds. The molecule has 1 N–H and O–H groups in total. The zero-order chi connectivity index (χ0) is 25.6. The maximum atomic E-state index is 6.44. The number of nitrogens with one attached hydrogen (secondary N) is 1. The number of rotatable bonds is 5. The number of H-pyrrole nitrogens is 1. The Bertz CT molecular complexity index is 1750. The van der Waals surface area contributed by atoms with Crippen molar-refractivity contribution in [3.05, 3.63) is 115 Å². The molecule has 0 spiro atoms. The normalized spacial score (nSPS) is 18.0. The Kier molecular flexibility index (Phi) is 5.58. The molecule has 1 aliphatic heterocycles. The van der Waals surface area contributed by atoms with Crippen molar-refractivity contribution in [2.45, 2.75) is 44.8 Å². The molecule has 3 nitrogen and oxygen atoms in total. The minimum absolute atomic E-state index is 0.0903. The van der Waals surface area contributed by atoms with Crippen molar-refractivity contribution >= 4 is 44.0 Å². The van der Waals surface area contributed by atoms with Gasteiger partial charge in [0.25, 0.3) is 0 Å². The lowest BCUT2D eigenvalue weighted by atomic mass is 9.90. The minimum atomic E-state index is 0.0903. The maximum Gasteiger partial charge on any atom is 0.143 e. The number of hydrogen-bond donors (Lipinski definition) is 1. The van der Waals surface area contributed by atoms with E-state index in [0.717, 1.165) is 24.3 Å². The van der Waals surface area contributed by atoms with Crippen molar-refractivity contribution in [1.82, 2.24) is 4.98 Å². The van der Waals surface area contributed by atoms with E-state index in [-0.39, 0.29) is 12.1 Å². The van der Waals surface area contributed by atoms with Crippen LogP contribution in [0.4, 0.5) is 11.4 Å². The van der Waals surface area contributed by atoms with Crippen LogP contribution < -0.4 is 9.64 Å². The molecule has 2 heterocycles. The Morgan fingerprint density at radius 1 is 0.789 bits per heavy atom. The number of nitrogens with zero attached hydrogens (tertiary/aromatic N) is 1. The van der Waals surface area contributed by atoms with Gasteiger partial charge in [-0.1, -0.05) is 85.8 Å². The van der Waals surface area contributed by atoms with Gasteiger partial charge in [-0.3, -0.25) is 0 Å². The monoisotopic (exact) mass is 496 g/mol. The maximum absolute atomic E-state index is 6.44. The van der Waals surface area contributed by atoms with Gasteiger partial charge in [0.1, 0.15) is 11.9 Å². The predicted octanol–water partition coefficient (Wildman–Crippen LogP) is 9.35. The Morgan fingerprint density at radius 3 is 2.45 bits per heavy atom. The molecule has 0 saturated carbocycles. The predicted molar refractivity (Wildman–Crippen MR) is 160 cm³/mol. The van der Waals surface area contributed by atoms with E-state index in [1.54, 1.807) is 0 Å². The van der Waals surface area contributed by atoms with Gasteiger partial charge in [0.15, 0.2) is 0 Å². The van der Waals surface area contributed by atoms with Gasteiger partial charge in [-0.25, -0.2) is 0 Å². The number of aromatic nitrogens is 1.